The molecule has 0 aliphatic heterocycles. The van der Waals surface area contributed by atoms with Gasteiger partial charge in [0.2, 0.25) is 0 Å². The predicted molar refractivity (Wildman–Crippen MR) is 65.8 cm³/mol. The quantitative estimate of drug-likeness (QED) is 0.582. The van der Waals surface area contributed by atoms with E-state index in [9.17, 15) is 0 Å². The van der Waals surface area contributed by atoms with Crippen LogP contribution in [0.4, 0.5) is 0 Å². The van der Waals surface area contributed by atoms with Crippen molar-refractivity contribution >= 4 is 34.1 Å². The van der Waals surface area contributed by atoms with Crippen molar-refractivity contribution in [2.45, 2.75) is 12.8 Å². The lowest BCUT2D eigenvalue weighted by atomic mass is 10.1. The van der Waals surface area contributed by atoms with Crippen molar-refractivity contribution < 1.29 is 0 Å². The van der Waals surface area contributed by atoms with Gasteiger partial charge in [-0.3, -0.25) is 0 Å². The number of halogens is 2. The van der Waals surface area contributed by atoms with Gasteiger partial charge in [-0.2, -0.15) is 0 Å². The molecule has 0 saturated carbocycles. The Hall–Kier alpha value is -0.790. The molecule has 0 aliphatic carbocycles. The van der Waals surface area contributed by atoms with Crippen molar-refractivity contribution in [3.05, 3.63) is 41.0 Å². The summed E-state index contributed by atoms with van der Waals surface area (Å²) in [7, 11) is 0. The highest BCUT2D eigenvalue weighted by atomic mass is 35.5. The van der Waals surface area contributed by atoms with Gasteiger partial charge in [-0.25, -0.2) is 4.98 Å². The van der Waals surface area contributed by atoms with E-state index in [-0.39, 0.29) is 0 Å². The molecule has 0 atom stereocenters. The summed E-state index contributed by atoms with van der Waals surface area (Å²) in [6.07, 6.45) is 1.82. The molecule has 3 heteroatoms. The third-order valence-corrected chi connectivity index (χ3v) is 2.92. The first-order valence-electron chi connectivity index (χ1n) is 4.91. The van der Waals surface area contributed by atoms with E-state index >= 15 is 0 Å². The van der Waals surface area contributed by atoms with Crippen LogP contribution in [0.2, 0.25) is 5.15 Å². The van der Waals surface area contributed by atoms with Crippen molar-refractivity contribution in [1.82, 2.24) is 4.98 Å². The minimum absolute atomic E-state index is 0.596. The van der Waals surface area contributed by atoms with Crippen LogP contribution in [0.5, 0.6) is 0 Å². The molecule has 0 radical (unpaired) electrons. The molecular weight excluding hydrogens is 229 g/mol. The number of nitrogens with zero attached hydrogens (tertiary/aromatic N) is 1. The molecule has 1 aromatic carbocycles. The summed E-state index contributed by atoms with van der Waals surface area (Å²) in [5.41, 5.74) is 2.02. The molecule has 0 aliphatic rings. The topological polar surface area (TPSA) is 12.9 Å². The highest BCUT2D eigenvalue weighted by Crippen LogP contribution is 2.21. The van der Waals surface area contributed by atoms with Gasteiger partial charge in [-0.15, -0.1) is 11.6 Å². The smallest absolute Gasteiger partial charge is 0.132 e. The van der Waals surface area contributed by atoms with E-state index in [1.54, 1.807) is 0 Å². The van der Waals surface area contributed by atoms with Crippen molar-refractivity contribution in [1.29, 1.82) is 0 Å². The number of rotatable bonds is 3. The standard InChI is InChI=1S/C12H11Cl2N/c13-7-3-5-10-8-9-4-1-2-6-11(9)15-12(10)14/h1-2,4,6,8H,3,5,7H2. The lowest BCUT2D eigenvalue weighted by molar-refractivity contribution is 0.924. The van der Waals surface area contributed by atoms with E-state index in [0.29, 0.717) is 11.0 Å². The minimum atomic E-state index is 0.596. The van der Waals surface area contributed by atoms with Gasteiger partial charge >= 0.3 is 0 Å². The summed E-state index contributed by atoms with van der Waals surface area (Å²) in [5, 5.41) is 1.73. The average Bonchev–Trinajstić information content (AvgIpc) is 2.26. The second-order valence-corrected chi connectivity index (χ2v) is 4.16. The SMILES string of the molecule is ClCCCc1cc2ccccc2nc1Cl. The first-order chi connectivity index (χ1) is 7.31. The molecule has 0 unspecified atom stereocenters. The van der Waals surface area contributed by atoms with Crippen LogP contribution >= 0.6 is 23.2 Å². The van der Waals surface area contributed by atoms with Crippen LogP contribution in [-0.2, 0) is 6.42 Å². The first kappa shape index (κ1) is 10.7. The zero-order valence-corrected chi connectivity index (χ0v) is 9.72. The molecule has 0 spiro atoms. The van der Waals surface area contributed by atoms with Gasteiger partial charge in [0.1, 0.15) is 5.15 Å². The summed E-state index contributed by atoms with van der Waals surface area (Å²) in [6.45, 7) is 0. The van der Waals surface area contributed by atoms with Crippen molar-refractivity contribution in [2.75, 3.05) is 5.88 Å². The van der Waals surface area contributed by atoms with Gasteiger partial charge in [-0.05, 0) is 30.5 Å². The maximum Gasteiger partial charge on any atom is 0.132 e. The third kappa shape index (κ3) is 2.42. The average molecular weight is 240 g/mol. The molecule has 0 saturated heterocycles. The Balaban J connectivity index is 2.43. The second-order valence-electron chi connectivity index (χ2n) is 3.42. The Morgan fingerprint density at radius 1 is 1.20 bits per heavy atom. The number of para-hydroxylation sites is 1. The monoisotopic (exact) mass is 239 g/mol. The third-order valence-electron chi connectivity index (χ3n) is 2.33. The predicted octanol–water partition coefficient (Wildman–Crippen LogP) is 4.06. The second kappa shape index (κ2) is 4.82. The highest BCUT2D eigenvalue weighted by Gasteiger charge is 2.03. The number of hydrogen-bond acceptors (Lipinski definition) is 1. The number of fused-ring (bicyclic) bond motifs is 1. The molecule has 0 amide bonds. The molecule has 2 rings (SSSR count). The molecule has 78 valence electrons. The molecule has 2 aromatic rings. The Kier molecular flexibility index (Phi) is 3.45. The molecule has 0 fully saturated rings. The van der Waals surface area contributed by atoms with Crippen molar-refractivity contribution in [2.24, 2.45) is 0 Å². The van der Waals surface area contributed by atoms with E-state index in [2.05, 4.69) is 11.1 Å². The van der Waals surface area contributed by atoms with Gasteiger partial charge in [0.25, 0.3) is 0 Å². The number of hydrogen-bond donors (Lipinski definition) is 0. The highest BCUT2D eigenvalue weighted by molar-refractivity contribution is 6.30. The number of aryl methyl sites for hydroxylation is 1. The van der Waals surface area contributed by atoms with Gasteiger partial charge in [0.15, 0.2) is 0 Å². The summed E-state index contributed by atoms with van der Waals surface area (Å²) in [5.74, 6) is 0.656. The number of benzene rings is 1. The summed E-state index contributed by atoms with van der Waals surface area (Å²) >= 11 is 11.7. The zero-order valence-electron chi connectivity index (χ0n) is 8.21. The van der Waals surface area contributed by atoms with E-state index in [0.717, 1.165) is 29.3 Å². The van der Waals surface area contributed by atoms with Crippen LogP contribution in [0.1, 0.15) is 12.0 Å². The van der Waals surface area contributed by atoms with Crippen LogP contribution < -0.4 is 0 Å². The Bertz CT molecular complexity index is 468. The summed E-state index contributed by atoms with van der Waals surface area (Å²) < 4.78 is 0. The molecule has 1 heterocycles. The van der Waals surface area contributed by atoms with Crippen molar-refractivity contribution in [3.63, 3.8) is 0 Å². The maximum absolute atomic E-state index is 6.08. The maximum atomic E-state index is 6.08. The summed E-state index contributed by atoms with van der Waals surface area (Å²) in [4.78, 5) is 4.35. The fourth-order valence-corrected chi connectivity index (χ4v) is 1.94. The van der Waals surface area contributed by atoms with Crippen LogP contribution in [0.25, 0.3) is 10.9 Å². The molecule has 15 heavy (non-hydrogen) atoms. The van der Waals surface area contributed by atoms with E-state index < -0.39 is 0 Å². The first-order valence-corrected chi connectivity index (χ1v) is 5.82. The van der Waals surface area contributed by atoms with Gasteiger partial charge < -0.3 is 0 Å². The normalized spacial score (nSPS) is 10.8. The van der Waals surface area contributed by atoms with Gasteiger partial charge in [-0.1, -0.05) is 29.8 Å². The zero-order chi connectivity index (χ0) is 10.7. The van der Waals surface area contributed by atoms with Crippen LogP contribution in [-0.4, -0.2) is 10.9 Å². The molecule has 0 bridgehead atoms. The van der Waals surface area contributed by atoms with Gasteiger partial charge in [0.05, 0.1) is 5.52 Å². The number of alkyl halides is 1. The fraction of sp³-hybridized carbons (Fsp3) is 0.250. The Labute approximate surface area is 99.0 Å². The van der Waals surface area contributed by atoms with Crippen LogP contribution in [0, 0.1) is 0 Å². The molecular formula is C12H11Cl2N. The lowest BCUT2D eigenvalue weighted by Gasteiger charge is -2.04. The molecule has 0 N–H and O–H groups in total. The van der Waals surface area contributed by atoms with E-state index in [1.807, 2.05) is 24.3 Å². The molecule has 1 aromatic heterocycles. The Morgan fingerprint density at radius 2 is 2.00 bits per heavy atom. The Morgan fingerprint density at radius 3 is 2.80 bits per heavy atom. The summed E-state index contributed by atoms with van der Waals surface area (Å²) in [6, 6.07) is 10.1. The number of pyridine rings is 1. The number of aromatic nitrogens is 1. The molecule has 1 nitrogen and oxygen atoms in total. The lowest BCUT2D eigenvalue weighted by Crippen LogP contribution is -1.91. The van der Waals surface area contributed by atoms with Gasteiger partial charge in [0, 0.05) is 11.3 Å². The van der Waals surface area contributed by atoms with Crippen LogP contribution in [0.15, 0.2) is 30.3 Å². The minimum Gasteiger partial charge on any atom is -0.236 e. The largest absolute Gasteiger partial charge is 0.236 e. The van der Waals surface area contributed by atoms with Crippen LogP contribution in [0.3, 0.4) is 0 Å². The van der Waals surface area contributed by atoms with Crippen molar-refractivity contribution in [3.8, 4) is 0 Å². The fourth-order valence-electron chi connectivity index (χ4n) is 1.57. The van der Waals surface area contributed by atoms with E-state index in [4.69, 9.17) is 23.2 Å². The van der Waals surface area contributed by atoms with E-state index in [1.165, 1.54) is 0 Å².